The topological polar surface area (TPSA) is 62.1 Å². The standard InChI is InChI=1S/C17H16N2O2.4C2H6/c1-17(12-18,13-21-15-10-6-3-7-11-15)19-16(20)14-8-4-2-5-9-14;4*1-2/h2-11H,13H2,1H3,(H,19,20);4*1-2H3. The van der Waals surface area contributed by atoms with Crippen molar-refractivity contribution in [2.24, 2.45) is 0 Å². The van der Waals surface area contributed by atoms with Crippen LogP contribution in [-0.2, 0) is 0 Å². The Balaban J connectivity index is -0.000000754. The molecular weight excluding hydrogens is 360 g/mol. The largest absolute Gasteiger partial charge is 0.490 e. The van der Waals surface area contributed by atoms with Gasteiger partial charge in [-0.3, -0.25) is 4.79 Å². The van der Waals surface area contributed by atoms with Gasteiger partial charge in [-0.2, -0.15) is 5.26 Å². The number of hydrogen-bond acceptors (Lipinski definition) is 3. The van der Waals surface area contributed by atoms with Gasteiger partial charge in [-0.1, -0.05) is 91.8 Å². The molecule has 2 aromatic carbocycles. The first-order chi connectivity index (χ1) is 14.1. The van der Waals surface area contributed by atoms with Gasteiger partial charge in [0.1, 0.15) is 12.4 Å². The maximum atomic E-state index is 12.1. The average molecular weight is 401 g/mol. The summed E-state index contributed by atoms with van der Waals surface area (Å²) in [5.74, 6) is 0.365. The number of hydrogen-bond donors (Lipinski definition) is 1. The van der Waals surface area contributed by atoms with Crippen LogP contribution in [0.1, 0.15) is 72.7 Å². The fourth-order valence-electron chi connectivity index (χ4n) is 1.75. The Morgan fingerprint density at radius 2 is 1.28 bits per heavy atom. The van der Waals surface area contributed by atoms with E-state index in [-0.39, 0.29) is 12.5 Å². The van der Waals surface area contributed by atoms with Gasteiger partial charge in [-0.25, -0.2) is 0 Å². The van der Waals surface area contributed by atoms with E-state index in [0.29, 0.717) is 11.3 Å². The lowest BCUT2D eigenvalue weighted by Gasteiger charge is -2.23. The van der Waals surface area contributed by atoms with E-state index in [1.165, 1.54) is 0 Å². The van der Waals surface area contributed by atoms with E-state index < -0.39 is 5.54 Å². The Morgan fingerprint density at radius 1 is 0.862 bits per heavy atom. The van der Waals surface area contributed by atoms with Crippen LogP contribution >= 0.6 is 0 Å². The van der Waals surface area contributed by atoms with Crippen molar-refractivity contribution in [3.05, 3.63) is 66.2 Å². The third-order valence-electron chi connectivity index (χ3n) is 2.94. The van der Waals surface area contributed by atoms with Gasteiger partial charge >= 0.3 is 0 Å². The molecule has 1 unspecified atom stereocenters. The summed E-state index contributed by atoms with van der Waals surface area (Å²) in [6.45, 7) is 17.7. The van der Waals surface area contributed by atoms with Gasteiger partial charge in [-0.05, 0) is 31.2 Å². The van der Waals surface area contributed by atoms with E-state index in [2.05, 4.69) is 11.4 Å². The van der Waals surface area contributed by atoms with Gasteiger partial charge in [-0.15, -0.1) is 0 Å². The molecule has 0 saturated heterocycles. The summed E-state index contributed by atoms with van der Waals surface area (Å²) in [5.41, 5.74) is -0.582. The molecule has 0 bridgehead atoms. The second-order valence-electron chi connectivity index (χ2n) is 4.87. The molecule has 2 rings (SSSR count). The fourth-order valence-corrected chi connectivity index (χ4v) is 1.75. The normalized spacial score (nSPS) is 10.1. The van der Waals surface area contributed by atoms with Gasteiger partial charge in [0.05, 0.1) is 6.07 Å². The summed E-state index contributed by atoms with van der Waals surface area (Å²) in [7, 11) is 0. The van der Waals surface area contributed by atoms with Crippen molar-refractivity contribution in [1.29, 1.82) is 5.26 Å². The smallest absolute Gasteiger partial charge is 0.252 e. The van der Waals surface area contributed by atoms with Crippen LogP contribution in [0.2, 0.25) is 0 Å². The molecule has 0 radical (unpaired) electrons. The highest BCUT2D eigenvalue weighted by molar-refractivity contribution is 5.94. The predicted molar refractivity (Wildman–Crippen MR) is 125 cm³/mol. The lowest BCUT2D eigenvalue weighted by atomic mass is 10.1. The van der Waals surface area contributed by atoms with Crippen LogP contribution in [-0.4, -0.2) is 18.1 Å². The molecule has 0 aliphatic heterocycles. The van der Waals surface area contributed by atoms with Crippen molar-refractivity contribution in [2.75, 3.05) is 6.61 Å². The summed E-state index contributed by atoms with van der Waals surface area (Å²) in [5, 5.41) is 12.0. The molecule has 0 spiro atoms. The number of para-hydroxylation sites is 1. The molecule has 0 aliphatic rings. The summed E-state index contributed by atoms with van der Waals surface area (Å²) < 4.78 is 5.56. The Kier molecular flexibility index (Phi) is 22.9. The zero-order valence-electron chi connectivity index (χ0n) is 19.7. The van der Waals surface area contributed by atoms with E-state index >= 15 is 0 Å². The molecule has 0 aliphatic carbocycles. The number of nitrogens with zero attached hydrogens (tertiary/aromatic N) is 1. The first-order valence-corrected chi connectivity index (χ1v) is 10.6. The number of amides is 1. The minimum atomic E-state index is -1.09. The third-order valence-corrected chi connectivity index (χ3v) is 2.94. The quantitative estimate of drug-likeness (QED) is 0.595. The molecule has 1 N–H and O–H groups in total. The second kappa shape index (κ2) is 21.5. The van der Waals surface area contributed by atoms with Crippen molar-refractivity contribution in [2.45, 2.75) is 67.9 Å². The van der Waals surface area contributed by atoms with Gasteiger partial charge in [0.2, 0.25) is 0 Å². The van der Waals surface area contributed by atoms with Crippen LogP contribution in [0.15, 0.2) is 60.7 Å². The van der Waals surface area contributed by atoms with Gasteiger partial charge < -0.3 is 10.1 Å². The van der Waals surface area contributed by atoms with Gasteiger partial charge in [0.25, 0.3) is 5.91 Å². The molecule has 0 fully saturated rings. The first-order valence-electron chi connectivity index (χ1n) is 10.6. The number of ether oxygens (including phenoxy) is 1. The zero-order valence-corrected chi connectivity index (χ0v) is 19.7. The SMILES string of the molecule is CC.CC.CC.CC.CC(C#N)(COc1ccccc1)NC(=O)c1ccccc1. The Morgan fingerprint density at radius 3 is 1.69 bits per heavy atom. The summed E-state index contributed by atoms with van der Waals surface area (Å²) >= 11 is 0. The number of benzene rings is 2. The second-order valence-corrected chi connectivity index (χ2v) is 4.87. The highest BCUT2D eigenvalue weighted by Gasteiger charge is 2.27. The minimum Gasteiger partial charge on any atom is -0.490 e. The van der Waals surface area contributed by atoms with Crippen molar-refractivity contribution in [1.82, 2.24) is 5.32 Å². The molecule has 29 heavy (non-hydrogen) atoms. The Hall–Kier alpha value is -2.80. The maximum absolute atomic E-state index is 12.1. The highest BCUT2D eigenvalue weighted by Crippen LogP contribution is 2.12. The lowest BCUT2D eigenvalue weighted by Crippen LogP contribution is -2.49. The van der Waals surface area contributed by atoms with E-state index in [1.807, 2.05) is 79.7 Å². The van der Waals surface area contributed by atoms with Crippen LogP contribution in [0.5, 0.6) is 5.75 Å². The number of rotatable bonds is 5. The number of nitrogens with one attached hydrogen (secondary N) is 1. The van der Waals surface area contributed by atoms with Crippen molar-refractivity contribution in [3.63, 3.8) is 0 Å². The zero-order chi connectivity index (χ0) is 23.1. The molecule has 0 heterocycles. The van der Waals surface area contributed by atoms with E-state index in [1.54, 1.807) is 43.3 Å². The molecule has 2 aromatic rings. The molecule has 0 saturated carbocycles. The highest BCUT2D eigenvalue weighted by atomic mass is 16.5. The Bertz CT molecular complexity index is 637. The van der Waals surface area contributed by atoms with E-state index in [9.17, 15) is 10.1 Å². The Labute approximate surface area is 178 Å². The van der Waals surface area contributed by atoms with E-state index in [4.69, 9.17) is 4.74 Å². The van der Waals surface area contributed by atoms with Crippen LogP contribution in [0.3, 0.4) is 0 Å². The number of nitriles is 1. The lowest BCUT2D eigenvalue weighted by molar-refractivity contribution is 0.0901. The van der Waals surface area contributed by atoms with Crippen molar-refractivity contribution >= 4 is 5.91 Å². The number of carbonyl (C=O) groups is 1. The molecule has 162 valence electrons. The molecule has 0 aromatic heterocycles. The molecule has 1 amide bonds. The first kappa shape index (κ1) is 30.9. The molecular formula is C25H40N2O2. The average Bonchev–Trinajstić information content (AvgIpc) is 2.84. The van der Waals surface area contributed by atoms with Gasteiger partial charge in [0.15, 0.2) is 5.54 Å². The summed E-state index contributed by atoms with van der Waals surface area (Å²) in [6, 6.07) is 20.1. The van der Waals surface area contributed by atoms with E-state index in [0.717, 1.165) is 0 Å². The maximum Gasteiger partial charge on any atom is 0.252 e. The van der Waals surface area contributed by atoms with Gasteiger partial charge in [0, 0.05) is 5.56 Å². The van der Waals surface area contributed by atoms with Crippen LogP contribution < -0.4 is 10.1 Å². The number of carbonyl (C=O) groups excluding carboxylic acids is 1. The van der Waals surface area contributed by atoms with Crippen molar-refractivity contribution < 1.29 is 9.53 Å². The third kappa shape index (κ3) is 13.9. The summed E-state index contributed by atoms with van der Waals surface area (Å²) in [6.07, 6.45) is 0. The minimum absolute atomic E-state index is 0.0755. The van der Waals surface area contributed by atoms with Crippen LogP contribution in [0, 0.1) is 11.3 Å². The molecule has 4 heteroatoms. The van der Waals surface area contributed by atoms with Crippen molar-refractivity contribution in [3.8, 4) is 11.8 Å². The van der Waals surface area contributed by atoms with Crippen LogP contribution in [0.4, 0.5) is 0 Å². The monoisotopic (exact) mass is 400 g/mol. The molecule has 1 atom stereocenters. The van der Waals surface area contributed by atoms with Crippen LogP contribution in [0.25, 0.3) is 0 Å². The molecule has 4 nitrogen and oxygen atoms in total. The summed E-state index contributed by atoms with van der Waals surface area (Å²) in [4.78, 5) is 12.1. The predicted octanol–water partition coefficient (Wildman–Crippen LogP) is 6.88. The fraction of sp³-hybridized carbons (Fsp3) is 0.440.